The number of hydrogen-bond acceptors (Lipinski definition) is 1. The molecule has 0 unspecified atom stereocenters. The predicted molar refractivity (Wildman–Crippen MR) is 79.8 cm³/mol. The SMILES string of the molecule is O=C(CCc1ccccc1F)Nc1cc(C(F)(F)F)ccc1Cl. The number of carbonyl (C=O) groups is 1. The summed E-state index contributed by atoms with van der Waals surface area (Å²) in [5.74, 6) is -0.980. The summed E-state index contributed by atoms with van der Waals surface area (Å²) in [5, 5.41) is 2.32. The number of aryl methyl sites for hydroxylation is 1. The van der Waals surface area contributed by atoms with Crippen molar-refractivity contribution in [1.82, 2.24) is 0 Å². The molecular formula is C16H12ClF4NO. The molecule has 2 aromatic carbocycles. The van der Waals surface area contributed by atoms with Crippen LogP contribution in [0.2, 0.25) is 5.02 Å². The third-order valence-corrected chi connectivity index (χ3v) is 3.48. The van der Waals surface area contributed by atoms with Gasteiger partial charge in [-0.1, -0.05) is 29.8 Å². The number of hydrogen-bond donors (Lipinski definition) is 1. The van der Waals surface area contributed by atoms with Crippen molar-refractivity contribution in [1.29, 1.82) is 0 Å². The van der Waals surface area contributed by atoms with Crippen molar-refractivity contribution in [3.63, 3.8) is 0 Å². The van der Waals surface area contributed by atoms with E-state index in [1.54, 1.807) is 12.1 Å². The second-order valence-corrected chi connectivity index (χ2v) is 5.24. The fourth-order valence-corrected chi connectivity index (χ4v) is 2.12. The maximum atomic E-state index is 13.4. The number of rotatable bonds is 4. The van der Waals surface area contributed by atoms with E-state index < -0.39 is 23.5 Å². The van der Waals surface area contributed by atoms with Crippen LogP contribution in [0.25, 0.3) is 0 Å². The van der Waals surface area contributed by atoms with Gasteiger partial charge in [-0.05, 0) is 36.2 Å². The number of benzene rings is 2. The second-order valence-electron chi connectivity index (χ2n) is 4.83. The molecule has 0 bridgehead atoms. The molecule has 0 fully saturated rings. The molecule has 2 rings (SSSR count). The highest BCUT2D eigenvalue weighted by Gasteiger charge is 2.31. The minimum atomic E-state index is -4.53. The van der Waals surface area contributed by atoms with Crippen LogP contribution >= 0.6 is 11.6 Å². The van der Waals surface area contributed by atoms with Gasteiger partial charge in [0.25, 0.3) is 0 Å². The Morgan fingerprint density at radius 1 is 1.13 bits per heavy atom. The van der Waals surface area contributed by atoms with E-state index in [1.807, 2.05) is 0 Å². The van der Waals surface area contributed by atoms with Gasteiger partial charge in [0.05, 0.1) is 16.3 Å². The standard InChI is InChI=1S/C16H12ClF4NO/c17-12-7-6-11(16(19,20)21)9-14(12)22-15(23)8-5-10-3-1-2-4-13(10)18/h1-4,6-7,9H,5,8H2,(H,22,23). The summed E-state index contributed by atoms with van der Waals surface area (Å²) < 4.78 is 51.4. The van der Waals surface area contributed by atoms with Gasteiger partial charge in [0.2, 0.25) is 5.91 Å². The molecule has 0 spiro atoms. The van der Waals surface area contributed by atoms with Crippen LogP contribution in [0.4, 0.5) is 23.2 Å². The van der Waals surface area contributed by atoms with Crippen molar-refractivity contribution in [2.75, 3.05) is 5.32 Å². The first-order valence-electron chi connectivity index (χ1n) is 6.67. The molecule has 7 heteroatoms. The summed E-state index contributed by atoms with van der Waals surface area (Å²) in [6, 6.07) is 8.65. The minimum Gasteiger partial charge on any atom is -0.325 e. The first-order chi connectivity index (χ1) is 10.8. The zero-order valence-corrected chi connectivity index (χ0v) is 12.5. The number of nitrogens with one attached hydrogen (secondary N) is 1. The van der Waals surface area contributed by atoms with Crippen molar-refractivity contribution < 1.29 is 22.4 Å². The summed E-state index contributed by atoms with van der Waals surface area (Å²) in [6.07, 6.45) is -4.47. The lowest BCUT2D eigenvalue weighted by Gasteiger charge is -2.11. The fraction of sp³-hybridized carbons (Fsp3) is 0.188. The topological polar surface area (TPSA) is 29.1 Å². The highest BCUT2D eigenvalue weighted by molar-refractivity contribution is 6.33. The molecule has 23 heavy (non-hydrogen) atoms. The second kappa shape index (κ2) is 7.00. The first-order valence-corrected chi connectivity index (χ1v) is 7.05. The number of halogens is 5. The molecule has 0 heterocycles. The third-order valence-electron chi connectivity index (χ3n) is 3.15. The van der Waals surface area contributed by atoms with Crippen molar-refractivity contribution in [3.8, 4) is 0 Å². The molecule has 1 amide bonds. The van der Waals surface area contributed by atoms with Crippen LogP contribution in [0.5, 0.6) is 0 Å². The Morgan fingerprint density at radius 2 is 1.83 bits per heavy atom. The molecule has 0 radical (unpaired) electrons. The average molecular weight is 346 g/mol. The molecule has 0 aliphatic carbocycles. The monoisotopic (exact) mass is 345 g/mol. The van der Waals surface area contributed by atoms with Gasteiger partial charge in [0, 0.05) is 6.42 Å². The van der Waals surface area contributed by atoms with E-state index in [2.05, 4.69) is 5.32 Å². The lowest BCUT2D eigenvalue weighted by Crippen LogP contribution is -2.14. The Kier molecular flexibility index (Phi) is 5.26. The molecule has 0 atom stereocenters. The van der Waals surface area contributed by atoms with Gasteiger partial charge in [0.1, 0.15) is 5.82 Å². The van der Waals surface area contributed by atoms with Gasteiger partial charge in [-0.2, -0.15) is 13.2 Å². The highest BCUT2D eigenvalue weighted by atomic mass is 35.5. The van der Waals surface area contributed by atoms with Crippen LogP contribution in [0.15, 0.2) is 42.5 Å². The summed E-state index contributed by atoms with van der Waals surface area (Å²) in [6.45, 7) is 0. The van der Waals surface area contributed by atoms with Crippen LogP contribution in [0, 0.1) is 5.82 Å². The molecule has 122 valence electrons. The smallest absolute Gasteiger partial charge is 0.325 e. The van der Waals surface area contributed by atoms with Gasteiger partial charge in [-0.25, -0.2) is 4.39 Å². The van der Waals surface area contributed by atoms with E-state index in [4.69, 9.17) is 11.6 Å². The van der Waals surface area contributed by atoms with E-state index in [0.29, 0.717) is 5.56 Å². The lowest BCUT2D eigenvalue weighted by molar-refractivity contribution is -0.137. The van der Waals surface area contributed by atoms with Gasteiger partial charge >= 0.3 is 6.18 Å². The minimum absolute atomic E-state index is 0.00255. The molecular weight excluding hydrogens is 334 g/mol. The number of anilines is 1. The highest BCUT2D eigenvalue weighted by Crippen LogP contribution is 2.33. The largest absolute Gasteiger partial charge is 0.416 e. The van der Waals surface area contributed by atoms with E-state index in [0.717, 1.165) is 18.2 Å². The van der Waals surface area contributed by atoms with Gasteiger partial charge in [-0.3, -0.25) is 4.79 Å². The van der Waals surface area contributed by atoms with Crippen LogP contribution in [-0.4, -0.2) is 5.91 Å². The van der Waals surface area contributed by atoms with Crippen molar-refractivity contribution >= 4 is 23.2 Å². The number of amides is 1. The Hall–Kier alpha value is -2.08. The summed E-state index contributed by atoms with van der Waals surface area (Å²) in [5.41, 5.74) is -0.677. The quantitative estimate of drug-likeness (QED) is 0.770. The Bertz CT molecular complexity index is 715. The maximum Gasteiger partial charge on any atom is 0.416 e. The summed E-state index contributed by atoms with van der Waals surface area (Å²) >= 11 is 5.79. The number of carbonyl (C=O) groups excluding carboxylic acids is 1. The normalized spacial score (nSPS) is 11.3. The van der Waals surface area contributed by atoms with Gasteiger partial charge in [-0.15, -0.1) is 0 Å². The zero-order chi connectivity index (χ0) is 17.0. The maximum absolute atomic E-state index is 13.4. The third kappa shape index (κ3) is 4.69. The number of alkyl halides is 3. The molecule has 1 N–H and O–H groups in total. The lowest BCUT2D eigenvalue weighted by atomic mass is 10.1. The van der Waals surface area contributed by atoms with E-state index >= 15 is 0 Å². The molecule has 0 aromatic heterocycles. The molecule has 0 aliphatic heterocycles. The van der Waals surface area contributed by atoms with Crippen LogP contribution in [0.1, 0.15) is 17.5 Å². The van der Waals surface area contributed by atoms with Crippen LogP contribution in [-0.2, 0) is 17.4 Å². The van der Waals surface area contributed by atoms with Crippen molar-refractivity contribution in [2.24, 2.45) is 0 Å². The Labute approximate surface area is 135 Å². The van der Waals surface area contributed by atoms with Crippen LogP contribution < -0.4 is 5.32 Å². The average Bonchev–Trinajstić information content (AvgIpc) is 2.47. The van der Waals surface area contributed by atoms with E-state index in [-0.39, 0.29) is 23.6 Å². The zero-order valence-electron chi connectivity index (χ0n) is 11.8. The van der Waals surface area contributed by atoms with E-state index in [9.17, 15) is 22.4 Å². The van der Waals surface area contributed by atoms with Crippen LogP contribution in [0.3, 0.4) is 0 Å². The molecule has 0 saturated heterocycles. The summed E-state index contributed by atoms with van der Waals surface area (Å²) in [4.78, 5) is 11.8. The first kappa shape index (κ1) is 17.3. The molecule has 0 aliphatic rings. The molecule has 2 aromatic rings. The fourth-order valence-electron chi connectivity index (χ4n) is 1.96. The Balaban J connectivity index is 2.04. The van der Waals surface area contributed by atoms with Crippen molar-refractivity contribution in [3.05, 3.63) is 64.4 Å². The van der Waals surface area contributed by atoms with Gasteiger partial charge in [0.15, 0.2) is 0 Å². The van der Waals surface area contributed by atoms with Gasteiger partial charge < -0.3 is 5.32 Å². The van der Waals surface area contributed by atoms with E-state index in [1.165, 1.54) is 12.1 Å². The Morgan fingerprint density at radius 3 is 2.48 bits per heavy atom. The predicted octanol–water partition coefficient (Wildman–Crippen LogP) is 5.07. The van der Waals surface area contributed by atoms with Crippen molar-refractivity contribution in [2.45, 2.75) is 19.0 Å². The summed E-state index contributed by atoms with van der Waals surface area (Å²) in [7, 11) is 0. The molecule has 2 nitrogen and oxygen atoms in total. The molecule has 0 saturated carbocycles.